The number of allylic oxidation sites excluding steroid dienone is 1. The molecule has 1 atom stereocenters. The van der Waals surface area contributed by atoms with Gasteiger partial charge in [-0.3, -0.25) is 0 Å². The van der Waals surface area contributed by atoms with Crippen LogP contribution < -0.4 is 16.1 Å². The van der Waals surface area contributed by atoms with Crippen LogP contribution in [0, 0.1) is 11.3 Å². The molecular formula is C14H10N2O3. The van der Waals surface area contributed by atoms with Crippen molar-refractivity contribution in [3.63, 3.8) is 0 Å². The van der Waals surface area contributed by atoms with Crippen LogP contribution in [-0.2, 0) is 0 Å². The normalized spacial score (nSPS) is 17.8. The van der Waals surface area contributed by atoms with E-state index in [1.807, 2.05) is 12.1 Å². The Bertz CT molecular complexity index is 812. The third-order valence-electron chi connectivity index (χ3n) is 3.26. The highest BCUT2D eigenvalue weighted by atomic mass is 16.5. The number of benzene rings is 1. The van der Waals surface area contributed by atoms with Crippen molar-refractivity contribution in [2.45, 2.75) is 12.8 Å². The number of hydrogen-bond acceptors (Lipinski definition) is 5. The van der Waals surface area contributed by atoms with Crippen LogP contribution >= 0.6 is 0 Å². The van der Waals surface area contributed by atoms with Crippen LogP contribution in [0.4, 0.5) is 0 Å². The van der Waals surface area contributed by atoms with E-state index in [9.17, 15) is 4.79 Å². The lowest BCUT2D eigenvalue weighted by atomic mass is 9.91. The van der Waals surface area contributed by atoms with Gasteiger partial charge in [-0.2, -0.15) is 5.26 Å². The maximum atomic E-state index is 12.0. The van der Waals surface area contributed by atoms with E-state index >= 15 is 0 Å². The lowest BCUT2D eigenvalue weighted by molar-refractivity contribution is 0.385. The largest absolute Gasteiger partial charge is 0.439 e. The highest BCUT2D eigenvalue weighted by Gasteiger charge is 2.30. The number of para-hydroxylation sites is 1. The summed E-state index contributed by atoms with van der Waals surface area (Å²) in [4.78, 5) is 12.0. The third kappa shape index (κ3) is 1.50. The average Bonchev–Trinajstić information content (AvgIpc) is 2.38. The summed E-state index contributed by atoms with van der Waals surface area (Å²) in [5.74, 6) is -0.0105. The standard InChI is InChI=1S/C14H10N2O3/c1-7-9(6-15)13(16)19-12-8-4-2-3-5-10(8)18-14(17)11(7)12/h2-5,7H,16H2,1H3/t7-/m0/s1. The van der Waals surface area contributed by atoms with Gasteiger partial charge in [0.15, 0.2) is 5.75 Å². The van der Waals surface area contributed by atoms with Crippen molar-refractivity contribution in [3.05, 3.63) is 51.7 Å². The van der Waals surface area contributed by atoms with E-state index in [-0.39, 0.29) is 11.5 Å². The molecule has 1 aromatic heterocycles. The topological polar surface area (TPSA) is 89.3 Å². The Kier molecular flexibility index (Phi) is 2.32. The number of fused-ring (bicyclic) bond motifs is 3. The van der Waals surface area contributed by atoms with Crippen molar-refractivity contribution in [1.82, 2.24) is 0 Å². The van der Waals surface area contributed by atoms with Gasteiger partial charge in [0.05, 0.1) is 16.5 Å². The van der Waals surface area contributed by atoms with Crippen molar-refractivity contribution in [1.29, 1.82) is 5.26 Å². The predicted octanol–water partition coefficient (Wildman–Crippen LogP) is 1.98. The molecule has 1 aliphatic heterocycles. The molecule has 0 aliphatic carbocycles. The molecule has 5 nitrogen and oxygen atoms in total. The Hall–Kier alpha value is -2.74. The van der Waals surface area contributed by atoms with Crippen LogP contribution in [0.5, 0.6) is 5.75 Å². The van der Waals surface area contributed by atoms with Crippen LogP contribution in [0.15, 0.2) is 44.9 Å². The zero-order valence-corrected chi connectivity index (χ0v) is 10.1. The van der Waals surface area contributed by atoms with Gasteiger partial charge in [-0.15, -0.1) is 0 Å². The zero-order valence-electron chi connectivity index (χ0n) is 10.1. The lowest BCUT2D eigenvalue weighted by Crippen LogP contribution is -2.24. The van der Waals surface area contributed by atoms with Gasteiger partial charge >= 0.3 is 5.63 Å². The van der Waals surface area contributed by atoms with Crippen molar-refractivity contribution < 1.29 is 9.15 Å². The molecule has 2 heterocycles. The first-order valence-corrected chi connectivity index (χ1v) is 5.76. The Balaban J connectivity index is 2.40. The quantitative estimate of drug-likeness (QED) is 0.726. The fraction of sp³-hybridized carbons (Fsp3) is 0.143. The predicted molar refractivity (Wildman–Crippen MR) is 68.4 cm³/mol. The molecule has 5 heteroatoms. The number of rotatable bonds is 0. The molecule has 1 aromatic carbocycles. The monoisotopic (exact) mass is 254 g/mol. The van der Waals surface area contributed by atoms with Gasteiger partial charge in [0.2, 0.25) is 5.88 Å². The second-order valence-corrected chi connectivity index (χ2v) is 4.34. The van der Waals surface area contributed by atoms with Crippen molar-refractivity contribution in [2.75, 3.05) is 0 Å². The van der Waals surface area contributed by atoms with E-state index in [1.54, 1.807) is 25.1 Å². The highest BCUT2D eigenvalue weighted by Crippen LogP contribution is 2.39. The summed E-state index contributed by atoms with van der Waals surface area (Å²) in [6, 6.07) is 9.02. The van der Waals surface area contributed by atoms with Crippen LogP contribution in [0.2, 0.25) is 0 Å². The number of nitrogens with zero attached hydrogens (tertiary/aromatic N) is 1. The maximum absolute atomic E-state index is 12.0. The first kappa shape index (κ1) is 11.4. The molecule has 1 aliphatic rings. The van der Waals surface area contributed by atoms with Crippen LogP contribution in [-0.4, -0.2) is 0 Å². The van der Waals surface area contributed by atoms with E-state index in [0.29, 0.717) is 22.3 Å². The fourth-order valence-corrected chi connectivity index (χ4v) is 2.29. The third-order valence-corrected chi connectivity index (χ3v) is 3.26. The summed E-state index contributed by atoms with van der Waals surface area (Å²) in [6.45, 7) is 1.73. The number of hydrogen-bond donors (Lipinski definition) is 1. The molecule has 0 fully saturated rings. The summed E-state index contributed by atoms with van der Waals surface area (Å²) in [7, 11) is 0. The first-order chi connectivity index (χ1) is 9.13. The smallest absolute Gasteiger partial charge is 0.343 e. The Morgan fingerprint density at radius 3 is 2.84 bits per heavy atom. The number of ether oxygens (including phenoxy) is 1. The molecule has 0 saturated carbocycles. The molecule has 0 spiro atoms. The SMILES string of the molecule is C[C@H]1C(C#N)=C(N)Oc2c1c(=O)oc1ccccc21. The molecule has 0 bridgehead atoms. The molecule has 2 aromatic rings. The van der Waals surface area contributed by atoms with Crippen molar-refractivity contribution >= 4 is 11.0 Å². The van der Waals surface area contributed by atoms with Crippen molar-refractivity contribution in [3.8, 4) is 11.8 Å². The molecule has 3 rings (SSSR count). The minimum atomic E-state index is -0.499. The van der Waals surface area contributed by atoms with Crippen LogP contribution in [0.25, 0.3) is 11.0 Å². The molecule has 0 radical (unpaired) electrons. The Morgan fingerprint density at radius 1 is 1.37 bits per heavy atom. The zero-order chi connectivity index (χ0) is 13.6. The molecule has 19 heavy (non-hydrogen) atoms. The first-order valence-electron chi connectivity index (χ1n) is 5.76. The van der Waals surface area contributed by atoms with Crippen LogP contribution in [0.3, 0.4) is 0 Å². The summed E-state index contributed by atoms with van der Waals surface area (Å²) in [5, 5.41) is 9.73. The van der Waals surface area contributed by atoms with E-state index in [1.165, 1.54) is 0 Å². The fourth-order valence-electron chi connectivity index (χ4n) is 2.29. The van der Waals surface area contributed by atoms with E-state index in [0.717, 1.165) is 0 Å². The number of nitriles is 1. The van der Waals surface area contributed by atoms with E-state index < -0.39 is 11.5 Å². The Labute approximate surface area is 108 Å². The van der Waals surface area contributed by atoms with E-state index in [4.69, 9.17) is 20.1 Å². The van der Waals surface area contributed by atoms with Gasteiger partial charge in [0.1, 0.15) is 11.7 Å². The van der Waals surface area contributed by atoms with Crippen LogP contribution in [0.1, 0.15) is 18.4 Å². The molecule has 0 unspecified atom stereocenters. The van der Waals surface area contributed by atoms with Gasteiger partial charge in [-0.1, -0.05) is 19.1 Å². The Morgan fingerprint density at radius 2 is 2.11 bits per heavy atom. The molecular weight excluding hydrogens is 244 g/mol. The summed E-state index contributed by atoms with van der Waals surface area (Å²) < 4.78 is 10.7. The van der Waals surface area contributed by atoms with Crippen molar-refractivity contribution in [2.24, 2.45) is 5.73 Å². The van der Waals surface area contributed by atoms with Gasteiger partial charge < -0.3 is 14.9 Å². The van der Waals surface area contributed by atoms with E-state index in [2.05, 4.69) is 0 Å². The maximum Gasteiger partial charge on any atom is 0.343 e. The molecule has 2 N–H and O–H groups in total. The summed E-state index contributed by atoms with van der Waals surface area (Å²) in [5.41, 5.74) is 6.26. The average molecular weight is 254 g/mol. The van der Waals surface area contributed by atoms with Gasteiger partial charge in [0, 0.05) is 5.92 Å². The van der Waals surface area contributed by atoms with Gasteiger partial charge in [-0.25, -0.2) is 4.79 Å². The second kappa shape index (κ2) is 3.89. The summed E-state index contributed by atoms with van der Waals surface area (Å²) >= 11 is 0. The molecule has 0 amide bonds. The van der Waals surface area contributed by atoms with Gasteiger partial charge in [0.25, 0.3) is 0 Å². The van der Waals surface area contributed by atoms with Gasteiger partial charge in [-0.05, 0) is 12.1 Å². The minimum Gasteiger partial charge on any atom is -0.439 e. The minimum absolute atomic E-state index is 0.0400. The molecule has 0 saturated heterocycles. The highest BCUT2D eigenvalue weighted by molar-refractivity contribution is 5.85. The number of nitrogens with two attached hydrogens (primary N) is 1. The molecule has 94 valence electrons. The lowest BCUT2D eigenvalue weighted by Gasteiger charge is -2.22. The second-order valence-electron chi connectivity index (χ2n) is 4.34. The summed E-state index contributed by atoms with van der Waals surface area (Å²) in [6.07, 6.45) is 0.